The van der Waals surface area contributed by atoms with Crippen molar-refractivity contribution in [1.29, 1.82) is 0 Å². The molecule has 7 heteroatoms. The molecule has 0 bridgehead atoms. The minimum atomic E-state index is -0.377. The molecule has 2 rings (SSSR count). The number of nitro benzene ring substituents is 1. The van der Waals surface area contributed by atoms with Crippen LogP contribution in [0.3, 0.4) is 0 Å². The summed E-state index contributed by atoms with van der Waals surface area (Å²) in [6.45, 7) is 6.68. The van der Waals surface area contributed by atoms with Gasteiger partial charge in [-0.3, -0.25) is 19.8 Å². The predicted molar refractivity (Wildman–Crippen MR) is 92.1 cm³/mol. The molecule has 1 heterocycles. The first-order chi connectivity index (χ1) is 10.8. The van der Waals surface area contributed by atoms with E-state index < -0.39 is 0 Å². The fraction of sp³-hybridized carbons (Fsp3) is 0.375. The van der Waals surface area contributed by atoms with Crippen LogP contribution in [0.25, 0.3) is 0 Å². The summed E-state index contributed by atoms with van der Waals surface area (Å²) in [4.78, 5) is 17.0. The normalized spacial score (nSPS) is 11.2. The predicted octanol–water partition coefficient (Wildman–Crippen LogP) is 3.24. The van der Waals surface area contributed by atoms with Gasteiger partial charge in [0.1, 0.15) is 11.4 Å². The molecule has 23 heavy (non-hydrogen) atoms. The second-order valence-electron chi connectivity index (χ2n) is 5.49. The summed E-state index contributed by atoms with van der Waals surface area (Å²) in [5.41, 5.74) is 3.96. The summed E-state index contributed by atoms with van der Waals surface area (Å²) in [6, 6.07) is 5.09. The minimum absolute atomic E-state index is 0.0663. The van der Waals surface area contributed by atoms with E-state index in [1.165, 1.54) is 6.07 Å². The Morgan fingerprint density at radius 1 is 1.39 bits per heavy atom. The van der Waals surface area contributed by atoms with Gasteiger partial charge in [-0.15, -0.1) is 0 Å². The van der Waals surface area contributed by atoms with Gasteiger partial charge >= 0.3 is 0 Å². The van der Waals surface area contributed by atoms with Crippen molar-refractivity contribution in [3.8, 4) is 0 Å². The van der Waals surface area contributed by atoms with Crippen LogP contribution >= 0.6 is 0 Å². The van der Waals surface area contributed by atoms with Crippen molar-refractivity contribution in [2.45, 2.75) is 27.3 Å². The van der Waals surface area contributed by atoms with Crippen LogP contribution in [0.5, 0.6) is 0 Å². The Hall–Kier alpha value is -2.70. The third-order valence-electron chi connectivity index (χ3n) is 3.66. The Kier molecular flexibility index (Phi) is 4.78. The molecule has 0 N–H and O–H groups in total. The summed E-state index contributed by atoms with van der Waals surface area (Å²) in [5, 5.41) is 15.6. The van der Waals surface area contributed by atoms with Crippen LogP contribution in [0, 0.1) is 24.0 Å². The van der Waals surface area contributed by atoms with Gasteiger partial charge in [-0.25, -0.2) is 0 Å². The summed E-state index contributed by atoms with van der Waals surface area (Å²) >= 11 is 0. The van der Waals surface area contributed by atoms with Gasteiger partial charge in [0.25, 0.3) is 5.69 Å². The molecule has 122 valence electrons. The van der Waals surface area contributed by atoms with Crippen LogP contribution in [0.1, 0.15) is 23.9 Å². The molecule has 7 nitrogen and oxygen atoms in total. The van der Waals surface area contributed by atoms with E-state index in [0.717, 1.165) is 23.6 Å². The summed E-state index contributed by atoms with van der Waals surface area (Å²) < 4.78 is 1.89. The highest BCUT2D eigenvalue weighted by Crippen LogP contribution is 2.28. The number of aliphatic imine (C=N–C) groups is 1. The molecule has 0 saturated carbocycles. The number of benzene rings is 1. The topological polar surface area (TPSA) is 76.6 Å². The zero-order chi connectivity index (χ0) is 17.1. The van der Waals surface area contributed by atoms with E-state index in [9.17, 15) is 10.1 Å². The van der Waals surface area contributed by atoms with Crippen LogP contribution in [0.4, 0.5) is 17.1 Å². The highest BCUT2D eigenvalue weighted by atomic mass is 16.6. The Bertz CT molecular complexity index is 762. The van der Waals surface area contributed by atoms with Crippen LogP contribution in [0.2, 0.25) is 0 Å². The molecule has 0 radical (unpaired) electrons. The van der Waals surface area contributed by atoms with Crippen LogP contribution in [-0.4, -0.2) is 35.0 Å². The maximum atomic E-state index is 11.2. The number of nitrogens with zero attached hydrogens (tertiary/aromatic N) is 5. The number of hydrogen-bond acceptors (Lipinski definition) is 5. The van der Waals surface area contributed by atoms with Crippen LogP contribution < -0.4 is 4.90 Å². The zero-order valence-electron chi connectivity index (χ0n) is 14.1. The zero-order valence-corrected chi connectivity index (χ0v) is 14.1. The molecule has 2 aromatic rings. The third-order valence-corrected chi connectivity index (χ3v) is 3.66. The van der Waals surface area contributed by atoms with E-state index in [4.69, 9.17) is 0 Å². The smallest absolute Gasteiger partial charge is 0.293 e. The maximum Gasteiger partial charge on any atom is 0.293 e. The van der Waals surface area contributed by atoms with Crippen molar-refractivity contribution in [2.24, 2.45) is 4.99 Å². The molecular formula is C16H21N5O2. The highest BCUT2D eigenvalue weighted by Gasteiger charge is 2.16. The average Bonchev–Trinajstić information content (AvgIpc) is 2.78. The van der Waals surface area contributed by atoms with Gasteiger partial charge in [-0.1, -0.05) is 6.07 Å². The van der Waals surface area contributed by atoms with Crippen molar-refractivity contribution in [2.75, 3.05) is 19.0 Å². The number of anilines is 1. The number of aryl methyl sites for hydroxylation is 2. The molecule has 0 saturated heterocycles. The molecule has 0 amide bonds. The monoisotopic (exact) mass is 315 g/mol. The standard InChI is InChI=1S/C16H21N5O2/c1-6-20-12(3)16(11(2)18-20)17-10-13-7-8-14(19(4)5)15(9-13)21(22)23/h7-10H,6H2,1-5H3. The van der Waals surface area contributed by atoms with Gasteiger partial charge in [0.05, 0.1) is 16.3 Å². The quantitative estimate of drug-likeness (QED) is 0.482. The summed E-state index contributed by atoms with van der Waals surface area (Å²) in [5.74, 6) is 0. The molecule has 0 atom stereocenters. The van der Waals surface area contributed by atoms with Gasteiger partial charge in [-0.05, 0) is 32.4 Å². The second-order valence-corrected chi connectivity index (χ2v) is 5.49. The van der Waals surface area contributed by atoms with E-state index in [1.54, 1.807) is 31.3 Å². The van der Waals surface area contributed by atoms with Crippen molar-refractivity contribution in [3.63, 3.8) is 0 Å². The molecular weight excluding hydrogens is 294 g/mol. The van der Waals surface area contributed by atoms with E-state index in [0.29, 0.717) is 11.3 Å². The van der Waals surface area contributed by atoms with Gasteiger partial charge in [0.2, 0.25) is 0 Å². The Morgan fingerprint density at radius 3 is 2.61 bits per heavy atom. The average molecular weight is 315 g/mol. The van der Waals surface area contributed by atoms with Gasteiger partial charge in [0, 0.05) is 32.9 Å². The molecule has 1 aromatic heterocycles. The number of rotatable bonds is 5. The van der Waals surface area contributed by atoms with E-state index in [-0.39, 0.29) is 10.6 Å². The van der Waals surface area contributed by atoms with Crippen molar-refractivity contribution >= 4 is 23.3 Å². The molecule has 0 aliphatic heterocycles. The van der Waals surface area contributed by atoms with E-state index in [2.05, 4.69) is 10.1 Å². The minimum Gasteiger partial charge on any atom is -0.372 e. The van der Waals surface area contributed by atoms with Crippen molar-refractivity contribution < 1.29 is 4.92 Å². The van der Waals surface area contributed by atoms with Crippen molar-refractivity contribution in [1.82, 2.24) is 9.78 Å². The van der Waals surface area contributed by atoms with E-state index >= 15 is 0 Å². The first kappa shape index (κ1) is 16.7. The number of hydrogen-bond donors (Lipinski definition) is 0. The largest absolute Gasteiger partial charge is 0.372 e. The van der Waals surface area contributed by atoms with Gasteiger partial charge < -0.3 is 4.90 Å². The lowest BCUT2D eigenvalue weighted by Gasteiger charge is -2.12. The molecule has 0 aliphatic carbocycles. The maximum absolute atomic E-state index is 11.2. The fourth-order valence-corrected chi connectivity index (χ4v) is 2.47. The fourth-order valence-electron chi connectivity index (χ4n) is 2.47. The van der Waals surface area contributed by atoms with E-state index in [1.807, 2.05) is 31.5 Å². The number of nitro groups is 1. The Morgan fingerprint density at radius 2 is 2.09 bits per heavy atom. The highest BCUT2D eigenvalue weighted by molar-refractivity contribution is 5.85. The third kappa shape index (κ3) is 3.39. The number of aromatic nitrogens is 2. The van der Waals surface area contributed by atoms with Gasteiger partial charge in [0.15, 0.2) is 0 Å². The molecule has 0 fully saturated rings. The molecule has 0 aliphatic rings. The van der Waals surface area contributed by atoms with Crippen LogP contribution in [-0.2, 0) is 6.54 Å². The van der Waals surface area contributed by atoms with Gasteiger partial charge in [-0.2, -0.15) is 5.10 Å². The molecule has 0 unspecified atom stereocenters. The van der Waals surface area contributed by atoms with Crippen molar-refractivity contribution in [3.05, 3.63) is 45.3 Å². The SMILES string of the molecule is CCn1nc(C)c(N=Cc2ccc(N(C)C)c([N+](=O)[O-])c2)c1C. The first-order valence-corrected chi connectivity index (χ1v) is 7.39. The summed E-state index contributed by atoms with van der Waals surface area (Å²) in [7, 11) is 3.56. The first-order valence-electron chi connectivity index (χ1n) is 7.39. The van der Waals surface area contributed by atoms with Crippen LogP contribution in [0.15, 0.2) is 23.2 Å². The Labute approximate surface area is 135 Å². The Balaban J connectivity index is 2.39. The molecule has 1 aromatic carbocycles. The lowest BCUT2D eigenvalue weighted by molar-refractivity contribution is -0.384. The molecule has 0 spiro atoms. The summed E-state index contributed by atoms with van der Waals surface area (Å²) in [6.07, 6.45) is 1.64. The lowest BCUT2D eigenvalue weighted by atomic mass is 10.1. The lowest BCUT2D eigenvalue weighted by Crippen LogP contribution is -2.11. The second kappa shape index (κ2) is 6.60.